The third-order valence-electron chi connectivity index (χ3n) is 5.42. The van der Waals surface area contributed by atoms with Gasteiger partial charge in [0.15, 0.2) is 0 Å². The lowest BCUT2D eigenvalue weighted by Crippen LogP contribution is -2.48. The number of allylic oxidation sites excluding steroid dienone is 3. The van der Waals surface area contributed by atoms with E-state index in [0.717, 1.165) is 56.5 Å². The van der Waals surface area contributed by atoms with E-state index in [1.807, 2.05) is 17.0 Å². The molecule has 1 aromatic carbocycles. The lowest BCUT2D eigenvalue weighted by molar-refractivity contribution is 0.0650. The first kappa shape index (κ1) is 21.1. The van der Waals surface area contributed by atoms with Gasteiger partial charge in [-0.3, -0.25) is 14.5 Å². The Morgan fingerprint density at radius 2 is 1.79 bits per heavy atom. The minimum atomic E-state index is -0.131. The first-order valence-electron chi connectivity index (χ1n) is 10.4. The molecular weight excluding hydrogens is 362 g/mol. The molecule has 1 fully saturated rings. The van der Waals surface area contributed by atoms with E-state index in [9.17, 15) is 9.59 Å². The molecule has 1 amide bonds. The molecule has 3 rings (SSSR count). The zero-order chi connectivity index (χ0) is 20.8. The molecule has 0 spiro atoms. The van der Waals surface area contributed by atoms with Crippen molar-refractivity contribution >= 4 is 16.8 Å². The van der Waals surface area contributed by atoms with Crippen LogP contribution < -0.4 is 5.56 Å². The van der Waals surface area contributed by atoms with Gasteiger partial charge in [0.2, 0.25) is 5.56 Å². The molecular formula is C24H31N3O2. The molecule has 0 radical (unpaired) electrons. The average Bonchev–Trinajstić information content (AvgIpc) is 2.71. The van der Waals surface area contributed by atoms with Gasteiger partial charge in [-0.15, -0.1) is 0 Å². The highest BCUT2D eigenvalue weighted by molar-refractivity contribution is 5.98. The fourth-order valence-corrected chi connectivity index (χ4v) is 3.58. The molecule has 0 unspecified atom stereocenters. The highest BCUT2D eigenvalue weighted by Crippen LogP contribution is 2.15. The van der Waals surface area contributed by atoms with Gasteiger partial charge in [-0.25, -0.2) is 0 Å². The van der Waals surface area contributed by atoms with Crippen LogP contribution in [-0.4, -0.2) is 53.4 Å². The maximum absolute atomic E-state index is 12.9. The molecule has 1 N–H and O–H groups in total. The van der Waals surface area contributed by atoms with Crippen molar-refractivity contribution in [2.75, 3.05) is 32.7 Å². The molecule has 2 heterocycles. The second-order valence-electron chi connectivity index (χ2n) is 8.09. The molecule has 1 saturated heterocycles. The summed E-state index contributed by atoms with van der Waals surface area (Å²) in [7, 11) is 0. The monoisotopic (exact) mass is 393 g/mol. The Hall–Kier alpha value is -2.66. The van der Waals surface area contributed by atoms with Crippen LogP contribution in [0.3, 0.4) is 0 Å². The van der Waals surface area contributed by atoms with Gasteiger partial charge in [0.05, 0.1) is 0 Å². The molecule has 0 bridgehead atoms. The van der Waals surface area contributed by atoms with Crippen LogP contribution in [-0.2, 0) is 0 Å². The van der Waals surface area contributed by atoms with Gasteiger partial charge < -0.3 is 9.88 Å². The summed E-state index contributed by atoms with van der Waals surface area (Å²) in [5.74, 6) is 0.0613. The van der Waals surface area contributed by atoms with E-state index in [1.54, 1.807) is 12.1 Å². The minimum Gasteiger partial charge on any atom is -0.336 e. The number of nitrogens with zero attached hydrogens (tertiary/aromatic N) is 2. The summed E-state index contributed by atoms with van der Waals surface area (Å²) in [6.07, 6.45) is 6.82. The van der Waals surface area contributed by atoms with Gasteiger partial charge in [-0.05, 0) is 63.3 Å². The summed E-state index contributed by atoms with van der Waals surface area (Å²) in [5, 5.41) is 0.878. The molecule has 29 heavy (non-hydrogen) atoms. The number of piperazine rings is 1. The summed E-state index contributed by atoms with van der Waals surface area (Å²) < 4.78 is 0. The van der Waals surface area contributed by atoms with Crippen LogP contribution in [0.2, 0.25) is 0 Å². The molecule has 0 saturated carbocycles. The minimum absolute atomic E-state index is 0.0613. The first-order valence-corrected chi connectivity index (χ1v) is 10.4. The number of pyridine rings is 1. The first-order chi connectivity index (χ1) is 13.9. The second-order valence-corrected chi connectivity index (χ2v) is 8.09. The largest absolute Gasteiger partial charge is 0.336 e. The van der Waals surface area contributed by atoms with E-state index in [2.05, 4.69) is 42.8 Å². The van der Waals surface area contributed by atoms with Crippen LogP contribution in [0.15, 0.2) is 58.4 Å². The number of rotatable bonds is 6. The number of benzene rings is 1. The molecule has 5 heteroatoms. The molecule has 1 aliphatic rings. The lowest BCUT2D eigenvalue weighted by atomic mass is 10.1. The Kier molecular flexibility index (Phi) is 7.04. The van der Waals surface area contributed by atoms with Crippen molar-refractivity contribution in [2.45, 2.75) is 33.6 Å². The van der Waals surface area contributed by atoms with Crippen molar-refractivity contribution in [3.63, 3.8) is 0 Å². The maximum Gasteiger partial charge on any atom is 0.253 e. The third-order valence-corrected chi connectivity index (χ3v) is 5.42. The van der Waals surface area contributed by atoms with Crippen LogP contribution in [0.25, 0.3) is 10.9 Å². The Bertz CT molecular complexity index is 975. The Morgan fingerprint density at radius 1 is 1.03 bits per heavy atom. The fraction of sp³-hybridized carbons (Fsp3) is 0.417. The lowest BCUT2D eigenvalue weighted by Gasteiger charge is -2.34. The quantitative estimate of drug-likeness (QED) is 0.756. The van der Waals surface area contributed by atoms with E-state index >= 15 is 0 Å². The third kappa shape index (κ3) is 5.91. The van der Waals surface area contributed by atoms with Crippen LogP contribution in [0, 0.1) is 0 Å². The van der Waals surface area contributed by atoms with Crippen molar-refractivity contribution < 1.29 is 4.79 Å². The zero-order valence-electron chi connectivity index (χ0n) is 17.7. The van der Waals surface area contributed by atoms with Gasteiger partial charge in [-0.2, -0.15) is 0 Å². The van der Waals surface area contributed by atoms with E-state index in [4.69, 9.17) is 0 Å². The SMILES string of the molecule is CC(C)=CCCC(C)=CCN1CCN(C(=O)c2ccc3[nH]c(=O)ccc3c2)CC1. The number of fused-ring (bicyclic) bond motifs is 1. The van der Waals surface area contributed by atoms with Gasteiger partial charge in [-0.1, -0.05) is 23.3 Å². The van der Waals surface area contributed by atoms with E-state index < -0.39 is 0 Å². The summed E-state index contributed by atoms with van der Waals surface area (Å²) in [6, 6.07) is 8.72. The fourth-order valence-electron chi connectivity index (χ4n) is 3.58. The molecule has 0 aliphatic carbocycles. The summed E-state index contributed by atoms with van der Waals surface area (Å²) >= 11 is 0. The molecule has 0 atom stereocenters. The van der Waals surface area contributed by atoms with Gasteiger partial charge in [0.25, 0.3) is 5.91 Å². The zero-order valence-corrected chi connectivity index (χ0v) is 17.7. The normalized spacial score (nSPS) is 15.6. The number of aromatic nitrogens is 1. The number of hydrogen-bond acceptors (Lipinski definition) is 3. The van der Waals surface area contributed by atoms with Crippen LogP contribution in [0.4, 0.5) is 0 Å². The summed E-state index contributed by atoms with van der Waals surface area (Å²) in [4.78, 5) is 31.4. The number of nitrogens with one attached hydrogen (secondary N) is 1. The number of carbonyl (C=O) groups is 1. The number of hydrogen-bond donors (Lipinski definition) is 1. The van der Waals surface area contributed by atoms with E-state index in [0.29, 0.717) is 5.56 Å². The number of amides is 1. The second kappa shape index (κ2) is 9.70. The predicted molar refractivity (Wildman–Crippen MR) is 119 cm³/mol. The van der Waals surface area contributed by atoms with Crippen molar-refractivity contribution in [3.05, 3.63) is 69.5 Å². The van der Waals surface area contributed by atoms with Crippen LogP contribution in [0.1, 0.15) is 44.0 Å². The van der Waals surface area contributed by atoms with Crippen molar-refractivity contribution in [2.24, 2.45) is 0 Å². The van der Waals surface area contributed by atoms with Gasteiger partial charge in [0, 0.05) is 49.9 Å². The number of carbonyl (C=O) groups excluding carboxylic acids is 1. The molecule has 1 aromatic heterocycles. The van der Waals surface area contributed by atoms with Crippen LogP contribution in [0.5, 0.6) is 0 Å². The average molecular weight is 394 g/mol. The number of H-pyrrole nitrogens is 1. The van der Waals surface area contributed by atoms with Crippen molar-refractivity contribution in [1.29, 1.82) is 0 Å². The summed E-state index contributed by atoms with van der Waals surface area (Å²) in [5.41, 5.74) is 4.10. The van der Waals surface area contributed by atoms with E-state index in [1.165, 1.54) is 17.2 Å². The Balaban J connectivity index is 1.52. The standard InChI is InChI=1S/C24H31N3O2/c1-18(2)5-4-6-19(3)11-12-26-13-15-27(16-14-26)24(29)21-7-9-22-20(17-21)8-10-23(28)25-22/h5,7-11,17H,4,6,12-16H2,1-3H3,(H,25,28). The van der Waals surface area contributed by atoms with Gasteiger partial charge >= 0.3 is 0 Å². The predicted octanol–water partition coefficient (Wildman–Crippen LogP) is 3.98. The summed E-state index contributed by atoms with van der Waals surface area (Å²) in [6.45, 7) is 10.7. The molecule has 2 aromatic rings. The highest BCUT2D eigenvalue weighted by atomic mass is 16.2. The van der Waals surface area contributed by atoms with Crippen LogP contribution >= 0.6 is 0 Å². The van der Waals surface area contributed by atoms with Gasteiger partial charge in [0.1, 0.15) is 0 Å². The maximum atomic E-state index is 12.9. The highest BCUT2D eigenvalue weighted by Gasteiger charge is 2.21. The Morgan fingerprint density at radius 3 is 2.52 bits per heavy atom. The van der Waals surface area contributed by atoms with Crippen molar-refractivity contribution in [1.82, 2.24) is 14.8 Å². The molecule has 5 nitrogen and oxygen atoms in total. The van der Waals surface area contributed by atoms with E-state index in [-0.39, 0.29) is 11.5 Å². The number of aromatic amines is 1. The Labute approximate surface area is 172 Å². The topological polar surface area (TPSA) is 56.4 Å². The molecule has 154 valence electrons. The molecule has 1 aliphatic heterocycles. The smallest absolute Gasteiger partial charge is 0.253 e. The van der Waals surface area contributed by atoms with Crippen molar-refractivity contribution in [3.8, 4) is 0 Å².